The summed E-state index contributed by atoms with van der Waals surface area (Å²) in [6.07, 6.45) is 1.83. The van der Waals surface area contributed by atoms with Gasteiger partial charge in [0.05, 0.1) is 7.11 Å². The van der Waals surface area contributed by atoms with Gasteiger partial charge in [0.25, 0.3) is 0 Å². The monoisotopic (exact) mass is 211 g/mol. The molecule has 0 saturated heterocycles. The second-order valence-corrected chi connectivity index (χ2v) is 3.77. The average molecular weight is 211 g/mol. The quantitative estimate of drug-likeness (QED) is 0.827. The summed E-state index contributed by atoms with van der Waals surface area (Å²) >= 11 is 0. The lowest BCUT2D eigenvalue weighted by Crippen LogP contribution is -2.43. The highest BCUT2D eigenvalue weighted by Crippen LogP contribution is 2.32. The standard InChI is InChI=1S/C11H14FNO2/c1-14-11-4-7(12)2-3-10(11)15-9-5-8(13)6-9/h2-4,8-9H,5-6,13H2,1H3. The fourth-order valence-electron chi connectivity index (χ4n) is 1.62. The molecule has 0 atom stereocenters. The molecule has 0 spiro atoms. The van der Waals surface area contributed by atoms with Gasteiger partial charge in [-0.05, 0) is 25.0 Å². The van der Waals surface area contributed by atoms with Gasteiger partial charge in [0.2, 0.25) is 0 Å². The van der Waals surface area contributed by atoms with E-state index < -0.39 is 0 Å². The number of ether oxygens (including phenoxy) is 2. The highest BCUT2D eigenvalue weighted by atomic mass is 19.1. The Kier molecular flexibility index (Phi) is 2.77. The summed E-state index contributed by atoms with van der Waals surface area (Å²) in [5, 5.41) is 0. The van der Waals surface area contributed by atoms with Crippen LogP contribution in [0.1, 0.15) is 12.8 Å². The molecule has 0 amide bonds. The number of nitrogens with two attached hydrogens (primary N) is 1. The molecule has 4 heteroatoms. The van der Waals surface area contributed by atoms with Gasteiger partial charge in [-0.3, -0.25) is 0 Å². The Morgan fingerprint density at radius 3 is 2.67 bits per heavy atom. The van der Waals surface area contributed by atoms with Crippen LogP contribution in [-0.4, -0.2) is 19.3 Å². The van der Waals surface area contributed by atoms with Crippen molar-refractivity contribution in [2.45, 2.75) is 25.0 Å². The van der Waals surface area contributed by atoms with Gasteiger partial charge < -0.3 is 15.2 Å². The molecule has 0 unspecified atom stereocenters. The van der Waals surface area contributed by atoms with E-state index in [0.717, 1.165) is 12.8 Å². The van der Waals surface area contributed by atoms with Gasteiger partial charge in [-0.2, -0.15) is 0 Å². The first-order valence-corrected chi connectivity index (χ1v) is 4.95. The molecular formula is C11H14FNO2. The molecule has 82 valence electrons. The van der Waals surface area contributed by atoms with Crippen molar-refractivity contribution < 1.29 is 13.9 Å². The summed E-state index contributed by atoms with van der Waals surface area (Å²) in [5.74, 6) is 0.677. The first-order chi connectivity index (χ1) is 7.19. The molecule has 1 aromatic rings. The minimum absolute atomic E-state index is 0.138. The predicted octanol–water partition coefficient (Wildman–Crippen LogP) is 1.70. The van der Waals surface area contributed by atoms with Gasteiger partial charge in [-0.15, -0.1) is 0 Å². The van der Waals surface area contributed by atoms with Crippen molar-refractivity contribution in [3.05, 3.63) is 24.0 Å². The topological polar surface area (TPSA) is 44.5 Å². The summed E-state index contributed by atoms with van der Waals surface area (Å²) in [7, 11) is 1.49. The van der Waals surface area contributed by atoms with Gasteiger partial charge in [0, 0.05) is 12.1 Å². The van der Waals surface area contributed by atoms with E-state index in [1.54, 1.807) is 6.07 Å². The van der Waals surface area contributed by atoms with Gasteiger partial charge in [0.15, 0.2) is 11.5 Å². The molecule has 2 N–H and O–H groups in total. The van der Waals surface area contributed by atoms with Crippen LogP contribution in [-0.2, 0) is 0 Å². The smallest absolute Gasteiger partial charge is 0.163 e. The van der Waals surface area contributed by atoms with E-state index in [-0.39, 0.29) is 18.0 Å². The molecule has 3 nitrogen and oxygen atoms in total. The molecule has 1 aliphatic carbocycles. The predicted molar refractivity (Wildman–Crippen MR) is 54.6 cm³/mol. The molecule has 0 aliphatic heterocycles. The summed E-state index contributed by atoms with van der Waals surface area (Å²) in [4.78, 5) is 0. The summed E-state index contributed by atoms with van der Waals surface area (Å²) in [5.41, 5.74) is 5.65. The maximum absolute atomic E-state index is 12.9. The van der Waals surface area contributed by atoms with E-state index in [1.165, 1.54) is 19.2 Å². The summed E-state index contributed by atoms with van der Waals surface area (Å²) in [6.45, 7) is 0. The Labute approximate surface area is 88.0 Å². The van der Waals surface area contributed by atoms with Crippen molar-refractivity contribution in [1.82, 2.24) is 0 Å². The van der Waals surface area contributed by atoms with Crippen LogP contribution < -0.4 is 15.2 Å². The average Bonchev–Trinajstić information content (AvgIpc) is 2.18. The van der Waals surface area contributed by atoms with Crippen LogP contribution in [0.5, 0.6) is 11.5 Å². The maximum atomic E-state index is 12.9. The Bertz CT molecular complexity index is 350. The van der Waals surface area contributed by atoms with Gasteiger partial charge in [-0.1, -0.05) is 0 Å². The molecule has 1 aliphatic rings. The normalized spacial score (nSPS) is 24.5. The van der Waals surface area contributed by atoms with Crippen molar-refractivity contribution in [2.24, 2.45) is 5.73 Å². The lowest BCUT2D eigenvalue weighted by atomic mass is 9.90. The Hall–Kier alpha value is -1.29. The number of benzene rings is 1. The van der Waals surface area contributed by atoms with Gasteiger partial charge in [-0.25, -0.2) is 4.39 Å². The van der Waals surface area contributed by atoms with E-state index in [4.69, 9.17) is 15.2 Å². The largest absolute Gasteiger partial charge is 0.493 e. The molecule has 15 heavy (non-hydrogen) atoms. The van der Waals surface area contributed by atoms with Crippen molar-refractivity contribution in [1.29, 1.82) is 0 Å². The molecule has 2 rings (SSSR count). The zero-order chi connectivity index (χ0) is 10.8. The van der Waals surface area contributed by atoms with Crippen LogP contribution in [0, 0.1) is 5.82 Å². The molecule has 0 bridgehead atoms. The highest BCUT2D eigenvalue weighted by Gasteiger charge is 2.28. The van der Waals surface area contributed by atoms with Crippen molar-refractivity contribution in [2.75, 3.05) is 7.11 Å². The molecule has 1 saturated carbocycles. The van der Waals surface area contributed by atoms with E-state index in [1.807, 2.05) is 0 Å². The van der Waals surface area contributed by atoms with Crippen LogP contribution in [0.2, 0.25) is 0 Å². The third-order valence-electron chi connectivity index (χ3n) is 2.55. The lowest BCUT2D eigenvalue weighted by Gasteiger charge is -2.32. The van der Waals surface area contributed by atoms with Crippen LogP contribution in [0.3, 0.4) is 0 Å². The minimum Gasteiger partial charge on any atom is -0.493 e. The van der Waals surface area contributed by atoms with E-state index >= 15 is 0 Å². The third kappa shape index (κ3) is 2.21. The SMILES string of the molecule is COc1cc(F)ccc1OC1CC(N)C1. The Morgan fingerprint density at radius 2 is 2.07 bits per heavy atom. The van der Waals surface area contributed by atoms with Crippen LogP contribution >= 0.6 is 0 Å². The third-order valence-corrected chi connectivity index (χ3v) is 2.55. The first-order valence-electron chi connectivity index (χ1n) is 4.95. The fourth-order valence-corrected chi connectivity index (χ4v) is 1.62. The first kappa shape index (κ1) is 10.2. The zero-order valence-corrected chi connectivity index (χ0v) is 8.57. The van der Waals surface area contributed by atoms with Crippen LogP contribution in [0.15, 0.2) is 18.2 Å². The molecular weight excluding hydrogens is 197 g/mol. The molecule has 0 radical (unpaired) electrons. The molecule has 0 heterocycles. The Balaban J connectivity index is 2.07. The molecule has 0 aromatic heterocycles. The number of rotatable bonds is 3. The van der Waals surface area contributed by atoms with Gasteiger partial charge >= 0.3 is 0 Å². The Morgan fingerprint density at radius 1 is 1.33 bits per heavy atom. The van der Waals surface area contributed by atoms with Crippen molar-refractivity contribution in [3.63, 3.8) is 0 Å². The minimum atomic E-state index is -0.329. The second-order valence-electron chi connectivity index (χ2n) is 3.77. The number of hydrogen-bond donors (Lipinski definition) is 1. The van der Waals surface area contributed by atoms with E-state index in [9.17, 15) is 4.39 Å². The summed E-state index contributed by atoms with van der Waals surface area (Å²) < 4.78 is 23.5. The summed E-state index contributed by atoms with van der Waals surface area (Å²) in [6, 6.07) is 4.49. The van der Waals surface area contributed by atoms with Crippen LogP contribution in [0.4, 0.5) is 4.39 Å². The van der Waals surface area contributed by atoms with Crippen molar-refractivity contribution >= 4 is 0 Å². The van der Waals surface area contributed by atoms with Crippen molar-refractivity contribution in [3.8, 4) is 11.5 Å². The molecule has 1 fully saturated rings. The highest BCUT2D eigenvalue weighted by molar-refractivity contribution is 5.40. The van der Waals surface area contributed by atoms with Crippen LogP contribution in [0.25, 0.3) is 0 Å². The molecule has 1 aromatic carbocycles. The van der Waals surface area contributed by atoms with Gasteiger partial charge in [0.1, 0.15) is 11.9 Å². The van der Waals surface area contributed by atoms with E-state index in [2.05, 4.69) is 0 Å². The fraction of sp³-hybridized carbons (Fsp3) is 0.455. The van der Waals surface area contributed by atoms with E-state index in [0.29, 0.717) is 11.5 Å². The maximum Gasteiger partial charge on any atom is 0.163 e. The number of hydrogen-bond acceptors (Lipinski definition) is 3. The number of halogens is 1. The number of methoxy groups -OCH3 is 1. The second kappa shape index (κ2) is 4.06. The lowest BCUT2D eigenvalue weighted by molar-refractivity contribution is 0.0972. The zero-order valence-electron chi connectivity index (χ0n) is 8.57.